The summed E-state index contributed by atoms with van der Waals surface area (Å²) in [4.78, 5) is 10.8. The van der Waals surface area contributed by atoms with Crippen molar-refractivity contribution in [2.75, 3.05) is 7.11 Å². The number of carbonyl (C=O) groups excluding carboxylic acids is 1. The Morgan fingerprint density at radius 2 is 2.14 bits per heavy atom. The average Bonchev–Trinajstić information content (AvgIpc) is 3.00. The molecule has 0 radical (unpaired) electrons. The van der Waals surface area contributed by atoms with Crippen LogP contribution in [0.25, 0.3) is 0 Å². The number of aromatic nitrogens is 2. The molecule has 0 saturated heterocycles. The zero-order valence-electron chi connectivity index (χ0n) is 12.6. The molecule has 5 nitrogen and oxygen atoms in total. The number of hydrogen-bond donors (Lipinski definition) is 0. The van der Waals surface area contributed by atoms with Gasteiger partial charge in [-0.3, -0.25) is 9.48 Å². The molecule has 2 rings (SSSR count). The summed E-state index contributed by atoms with van der Waals surface area (Å²) in [5.74, 6) is 1.14. The lowest BCUT2D eigenvalue weighted by Crippen LogP contribution is -2.06. The Balaban J connectivity index is 2.08. The van der Waals surface area contributed by atoms with Gasteiger partial charge in [-0.05, 0) is 37.6 Å². The van der Waals surface area contributed by atoms with E-state index < -0.39 is 0 Å². The Morgan fingerprint density at radius 1 is 1.33 bits per heavy atom. The first-order chi connectivity index (χ1) is 10.2. The van der Waals surface area contributed by atoms with Crippen LogP contribution in [0.5, 0.6) is 11.5 Å². The van der Waals surface area contributed by atoms with E-state index in [2.05, 4.69) is 18.9 Å². The van der Waals surface area contributed by atoms with Crippen molar-refractivity contribution in [2.24, 2.45) is 0 Å². The summed E-state index contributed by atoms with van der Waals surface area (Å²) in [6.45, 7) is 4.58. The smallest absolute Gasteiger partial charge is 0.162 e. The Labute approximate surface area is 124 Å². The van der Waals surface area contributed by atoms with Crippen molar-refractivity contribution in [2.45, 2.75) is 32.9 Å². The molecule has 2 aromatic rings. The van der Waals surface area contributed by atoms with Crippen LogP contribution in [0.1, 0.15) is 42.4 Å². The number of benzene rings is 1. The Kier molecular flexibility index (Phi) is 4.98. The molecule has 0 fully saturated rings. The van der Waals surface area contributed by atoms with E-state index in [1.54, 1.807) is 25.3 Å². The molecule has 0 aliphatic rings. The highest BCUT2D eigenvalue weighted by molar-refractivity contribution is 5.76. The summed E-state index contributed by atoms with van der Waals surface area (Å²) >= 11 is 0. The molecule has 1 atom stereocenters. The van der Waals surface area contributed by atoms with Crippen LogP contribution in [0.2, 0.25) is 0 Å². The van der Waals surface area contributed by atoms with Gasteiger partial charge in [0.05, 0.1) is 12.8 Å². The van der Waals surface area contributed by atoms with Gasteiger partial charge in [-0.25, -0.2) is 0 Å². The number of ether oxygens (including phenoxy) is 2. The highest BCUT2D eigenvalue weighted by Gasteiger charge is 2.08. The van der Waals surface area contributed by atoms with Crippen LogP contribution >= 0.6 is 0 Å². The standard InChI is InChI=1S/C16H20N2O3/c1-4-12(2)18-8-7-14(17-18)11-21-16-9-13(10-19)5-6-15(16)20-3/h5-10,12H,4,11H2,1-3H3. The van der Waals surface area contributed by atoms with E-state index in [1.165, 1.54) is 0 Å². The highest BCUT2D eigenvalue weighted by atomic mass is 16.5. The van der Waals surface area contributed by atoms with E-state index in [0.29, 0.717) is 29.7 Å². The summed E-state index contributed by atoms with van der Waals surface area (Å²) in [7, 11) is 1.57. The third-order valence-electron chi connectivity index (χ3n) is 3.41. The molecule has 1 unspecified atom stereocenters. The molecule has 0 aliphatic carbocycles. The Hall–Kier alpha value is -2.30. The number of carbonyl (C=O) groups is 1. The van der Waals surface area contributed by atoms with Crippen LogP contribution in [0, 0.1) is 0 Å². The minimum Gasteiger partial charge on any atom is -0.493 e. The number of aldehydes is 1. The molecule has 0 bridgehead atoms. The van der Waals surface area contributed by atoms with Gasteiger partial charge < -0.3 is 9.47 Å². The lowest BCUT2D eigenvalue weighted by molar-refractivity contribution is 0.112. The monoisotopic (exact) mass is 288 g/mol. The van der Waals surface area contributed by atoms with Gasteiger partial charge in [-0.1, -0.05) is 6.92 Å². The van der Waals surface area contributed by atoms with Crippen molar-refractivity contribution in [3.05, 3.63) is 41.7 Å². The first-order valence-corrected chi connectivity index (χ1v) is 6.98. The maximum Gasteiger partial charge on any atom is 0.162 e. The van der Waals surface area contributed by atoms with Crippen LogP contribution in [-0.2, 0) is 6.61 Å². The van der Waals surface area contributed by atoms with E-state index in [9.17, 15) is 4.79 Å². The van der Waals surface area contributed by atoms with Gasteiger partial charge in [0, 0.05) is 17.8 Å². The molecule has 0 saturated carbocycles. The zero-order chi connectivity index (χ0) is 15.2. The third kappa shape index (κ3) is 3.62. The molecule has 5 heteroatoms. The van der Waals surface area contributed by atoms with E-state index >= 15 is 0 Å². The number of methoxy groups -OCH3 is 1. The van der Waals surface area contributed by atoms with Crippen LogP contribution < -0.4 is 9.47 Å². The fourth-order valence-electron chi connectivity index (χ4n) is 1.92. The second-order valence-corrected chi connectivity index (χ2v) is 4.86. The highest BCUT2D eigenvalue weighted by Crippen LogP contribution is 2.28. The van der Waals surface area contributed by atoms with Crippen LogP contribution in [0.4, 0.5) is 0 Å². The van der Waals surface area contributed by atoms with Gasteiger partial charge in [-0.15, -0.1) is 0 Å². The predicted molar refractivity (Wildman–Crippen MR) is 79.9 cm³/mol. The van der Waals surface area contributed by atoms with Crippen LogP contribution in [0.15, 0.2) is 30.5 Å². The minimum atomic E-state index is 0.335. The summed E-state index contributed by atoms with van der Waals surface area (Å²) < 4.78 is 12.9. The largest absolute Gasteiger partial charge is 0.493 e. The lowest BCUT2D eigenvalue weighted by Gasteiger charge is -2.10. The molecule has 0 spiro atoms. The second-order valence-electron chi connectivity index (χ2n) is 4.86. The average molecular weight is 288 g/mol. The fraction of sp³-hybridized carbons (Fsp3) is 0.375. The third-order valence-corrected chi connectivity index (χ3v) is 3.41. The maximum atomic E-state index is 10.8. The van der Waals surface area contributed by atoms with E-state index in [0.717, 1.165) is 18.4 Å². The van der Waals surface area contributed by atoms with Crippen molar-refractivity contribution in [3.8, 4) is 11.5 Å². The van der Waals surface area contributed by atoms with Gasteiger partial charge in [0.2, 0.25) is 0 Å². The first kappa shape index (κ1) is 15.1. The van der Waals surface area contributed by atoms with Gasteiger partial charge >= 0.3 is 0 Å². The molecular formula is C16H20N2O3. The Morgan fingerprint density at radius 3 is 2.81 bits per heavy atom. The quantitative estimate of drug-likeness (QED) is 0.734. The molecular weight excluding hydrogens is 268 g/mol. The molecule has 0 aliphatic heterocycles. The topological polar surface area (TPSA) is 53.4 Å². The zero-order valence-corrected chi connectivity index (χ0v) is 12.6. The SMILES string of the molecule is CCC(C)n1ccc(COc2cc(C=O)ccc2OC)n1. The van der Waals surface area contributed by atoms with Gasteiger partial charge in [-0.2, -0.15) is 5.10 Å². The molecule has 112 valence electrons. The van der Waals surface area contributed by atoms with E-state index in [1.807, 2.05) is 16.9 Å². The molecule has 0 N–H and O–H groups in total. The van der Waals surface area contributed by atoms with Crippen LogP contribution in [0.3, 0.4) is 0 Å². The number of hydrogen-bond acceptors (Lipinski definition) is 4. The van der Waals surface area contributed by atoms with Gasteiger partial charge in [0.25, 0.3) is 0 Å². The molecule has 21 heavy (non-hydrogen) atoms. The van der Waals surface area contributed by atoms with Crippen molar-refractivity contribution < 1.29 is 14.3 Å². The van der Waals surface area contributed by atoms with Crippen molar-refractivity contribution in [1.29, 1.82) is 0 Å². The summed E-state index contributed by atoms with van der Waals surface area (Å²) in [6, 6.07) is 7.37. The summed E-state index contributed by atoms with van der Waals surface area (Å²) in [5.41, 5.74) is 1.39. The molecule has 1 aromatic carbocycles. The van der Waals surface area contributed by atoms with Crippen molar-refractivity contribution >= 4 is 6.29 Å². The maximum absolute atomic E-state index is 10.8. The first-order valence-electron chi connectivity index (χ1n) is 6.98. The normalized spacial score (nSPS) is 12.0. The minimum absolute atomic E-state index is 0.335. The fourth-order valence-corrected chi connectivity index (χ4v) is 1.92. The molecule has 0 amide bonds. The lowest BCUT2D eigenvalue weighted by atomic mass is 10.2. The summed E-state index contributed by atoms with van der Waals surface area (Å²) in [5, 5.41) is 4.48. The van der Waals surface area contributed by atoms with E-state index in [4.69, 9.17) is 9.47 Å². The van der Waals surface area contributed by atoms with Crippen molar-refractivity contribution in [3.63, 3.8) is 0 Å². The molecule has 1 heterocycles. The number of nitrogens with zero attached hydrogens (tertiary/aromatic N) is 2. The van der Waals surface area contributed by atoms with Gasteiger partial charge in [0.1, 0.15) is 12.9 Å². The Bertz CT molecular complexity index is 607. The van der Waals surface area contributed by atoms with Gasteiger partial charge in [0.15, 0.2) is 11.5 Å². The number of rotatable bonds is 7. The predicted octanol–water partition coefficient (Wildman–Crippen LogP) is 3.25. The molecule has 1 aromatic heterocycles. The summed E-state index contributed by atoms with van der Waals surface area (Å²) in [6.07, 6.45) is 3.76. The second kappa shape index (κ2) is 6.92. The van der Waals surface area contributed by atoms with Crippen molar-refractivity contribution in [1.82, 2.24) is 9.78 Å². The van der Waals surface area contributed by atoms with E-state index in [-0.39, 0.29) is 0 Å². The van der Waals surface area contributed by atoms with Crippen LogP contribution in [-0.4, -0.2) is 23.2 Å².